The lowest BCUT2D eigenvalue weighted by molar-refractivity contribution is 0.103. The van der Waals surface area contributed by atoms with Crippen LogP contribution in [0.15, 0.2) is 29.2 Å². The molecule has 1 aromatic carbocycles. The Kier molecular flexibility index (Phi) is 3.09. The Morgan fingerprint density at radius 3 is 2.55 bits per heavy atom. The third kappa shape index (κ3) is 2.00. The van der Waals surface area contributed by atoms with E-state index in [1.165, 1.54) is 0 Å². The largest absolute Gasteiger partial charge is 0.312 e. The van der Waals surface area contributed by atoms with E-state index in [-0.39, 0.29) is 23.4 Å². The SMILES string of the molecule is Cc1cn(C2C[C@@H]3C(C(F)F)[C@@H]3C2)c(=O)c2cc(Cl)ccc12. The fourth-order valence-corrected chi connectivity index (χ4v) is 4.42. The molecule has 2 aliphatic rings. The maximum Gasteiger partial charge on any atom is 0.258 e. The first-order valence-corrected chi connectivity index (χ1v) is 7.94. The number of pyridine rings is 1. The number of nitrogens with zero attached hydrogens (tertiary/aromatic N) is 1. The van der Waals surface area contributed by atoms with Crippen LogP contribution in [0.4, 0.5) is 8.78 Å². The summed E-state index contributed by atoms with van der Waals surface area (Å²) in [5, 5.41) is 2.05. The van der Waals surface area contributed by atoms with Crippen LogP contribution in [0.2, 0.25) is 5.02 Å². The zero-order valence-corrected chi connectivity index (χ0v) is 12.9. The summed E-state index contributed by atoms with van der Waals surface area (Å²) in [6, 6.07) is 5.37. The molecule has 0 spiro atoms. The molecule has 0 aliphatic heterocycles. The molecule has 2 aliphatic carbocycles. The Morgan fingerprint density at radius 2 is 1.91 bits per heavy atom. The van der Waals surface area contributed by atoms with Crippen molar-refractivity contribution in [2.45, 2.75) is 32.2 Å². The van der Waals surface area contributed by atoms with Gasteiger partial charge in [0.2, 0.25) is 6.43 Å². The van der Waals surface area contributed by atoms with Crippen LogP contribution in [-0.4, -0.2) is 11.0 Å². The van der Waals surface area contributed by atoms with Gasteiger partial charge in [-0.05, 0) is 54.7 Å². The lowest BCUT2D eigenvalue weighted by Gasteiger charge is -2.19. The minimum Gasteiger partial charge on any atom is -0.312 e. The van der Waals surface area contributed by atoms with Gasteiger partial charge in [-0.1, -0.05) is 17.7 Å². The lowest BCUT2D eigenvalue weighted by Crippen LogP contribution is -2.25. The van der Waals surface area contributed by atoms with E-state index < -0.39 is 12.3 Å². The predicted molar refractivity (Wildman–Crippen MR) is 82.7 cm³/mol. The highest BCUT2D eigenvalue weighted by Gasteiger charge is 2.60. The molecule has 22 heavy (non-hydrogen) atoms. The first-order valence-electron chi connectivity index (χ1n) is 7.56. The Balaban J connectivity index is 1.72. The number of rotatable bonds is 2. The zero-order chi connectivity index (χ0) is 15.6. The van der Waals surface area contributed by atoms with Gasteiger partial charge >= 0.3 is 0 Å². The van der Waals surface area contributed by atoms with Crippen molar-refractivity contribution in [2.24, 2.45) is 17.8 Å². The van der Waals surface area contributed by atoms with E-state index in [0.29, 0.717) is 23.3 Å². The smallest absolute Gasteiger partial charge is 0.258 e. The average molecular weight is 324 g/mol. The first-order chi connectivity index (χ1) is 10.5. The molecule has 2 unspecified atom stereocenters. The summed E-state index contributed by atoms with van der Waals surface area (Å²) in [5.74, 6) is -0.262. The van der Waals surface area contributed by atoms with Crippen LogP contribution in [-0.2, 0) is 0 Å². The Morgan fingerprint density at radius 1 is 1.23 bits per heavy atom. The van der Waals surface area contributed by atoms with Crippen LogP contribution < -0.4 is 5.56 Å². The van der Waals surface area contributed by atoms with Crippen LogP contribution in [0.3, 0.4) is 0 Å². The summed E-state index contributed by atoms with van der Waals surface area (Å²) in [6.45, 7) is 1.96. The number of benzene rings is 1. The molecule has 0 amide bonds. The van der Waals surface area contributed by atoms with E-state index in [9.17, 15) is 13.6 Å². The molecular weight excluding hydrogens is 308 g/mol. The van der Waals surface area contributed by atoms with E-state index >= 15 is 0 Å². The highest BCUT2D eigenvalue weighted by Crippen LogP contribution is 2.62. The minimum absolute atomic E-state index is 0.0413. The zero-order valence-electron chi connectivity index (χ0n) is 12.1. The minimum atomic E-state index is -2.22. The molecule has 116 valence electrons. The fourth-order valence-electron chi connectivity index (χ4n) is 4.25. The molecule has 0 N–H and O–H groups in total. The van der Waals surface area contributed by atoms with Crippen molar-refractivity contribution in [3.05, 3.63) is 45.3 Å². The van der Waals surface area contributed by atoms with Crippen molar-refractivity contribution in [3.63, 3.8) is 0 Å². The summed E-state index contributed by atoms with van der Waals surface area (Å²) < 4.78 is 27.3. The molecule has 0 bridgehead atoms. The van der Waals surface area contributed by atoms with Crippen molar-refractivity contribution in [1.29, 1.82) is 0 Å². The van der Waals surface area contributed by atoms with Crippen molar-refractivity contribution >= 4 is 22.4 Å². The molecule has 4 atom stereocenters. The Bertz CT molecular complexity index is 804. The van der Waals surface area contributed by atoms with Crippen molar-refractivity contribution in [2.75, 3.05) is 0 Å². The number of fused-ring (bicyclic) bond motifs is 2. The molecule has 0 saturated heterocycles. The van der Waals surface area contributed by atoms with Gasteiger partial charge in [-0.3, -0.25) is 4.79 Å². The number of aryl methyl sites for hydroxylation is 1. The predicted octanol–water partition coefficient (Wildman–Crippen LogP) is 4.43. The van der Waals surface area contributed by atoms with Crippen LogP contribution in [0.1, 0.15) is 24.4 Å². The maximum absolute atomic E-state index is 12.8. The highest BCUT2D eigenvalue weighted by molar-refractivity contribution is 6.31. The molecule has 2 fully saturated rings. The quantitative estimate of drug-likeness (QED) is 0.801. The molecule has 2 saturated carbocycles. The van der Waals surface area contributed by atoms with Crippen molar-refractivity contribution in [3.8, 4) is 0 Å². The van der Waals surface area contributed by atoms with Gasteiger partial charge < -0.3 is 4.57 Å². The van der Waals surface area contributed by atoms with Crippen LogP contribution in [0.5, 0.6) is 0 Å². The third-order valence-corrected chi connectivity index (χ3v) is 5.61. The van der Waals surface area contributed by atoms with E-state index in [2.05, 4.69) is 0 Å². The Hall–Kier alpha value is -1.42. The average Bonchev–Trinajstić information content (AvgIpc) is 2.99. The number of hydrogen-bond acceptors (Lipinski definition) is 1. The maximum atomic E-state index is 12.8. The van der Waals surface area contributed by atoms with Crippen LogP contribution >= 0.6 is 11.6 Å². The van der Waals surface area contributed by atoms with E-state index in [1.807, 2.05) is 19.2 Å². The highest BCUT2D eigenvalue weighted by atomic mass is 35.5. The molecule has 1 heterocycles. The standard InChI is InChI=1S/C17H16ClF2NO/c1-8-7-21(10-5-12-13(6-10)15(12)16(19)20)17(22)14-4-9(18)2-3-11(8)14/h2-4,7,10,12-13,15-16H,5-6H2,1H3/t10?,12-,13+,15?. The van der Waals surface area contributed by atoms with Gasteiger partial charge in [0.15, 0.2) is 0 Å². The van der Waals surface area contributed by atoms with Crippen LogP contribution in [0.25, 0.3) is 10.8 Å². The third-order valence-electron chi connectivity index (χ3n) is 5.37. The van der Waals surface area contributed by atoms with Gasteiger partial charge in [-0.15, -0.1) is 0 Å². The normalized spacial score (nSPS) is 30.0. The van der Waals surface area contributed by atoms with Gasteiger partial charge in [0, 0.05) is 28.6 Å². The summed E-state index contributed by atoms with van der Waals surface area (Å²) in [6.07, 6.45) is 1.02. The number of alkyl halides is 2. The molecule has 2 nitrogen and oxygen atoms in total. The van der Waals surface area contributed by atoms with E-state index in [4.69, 9.17) is 11.6 Å². The Labute approximate surface area is 131 Å². The fraction of sp³-hybridized carbons (Fsp3) is 0.471. The van der Waals surface area contributed by atoms with Crippen LogP contribution in [0, 0.1) is 24.7 Å². The van der Waals surface area contributed by atoms with Gasteiger partial charge in [-0.2, -0.15) is 0 Å². The second-order valence-corrected chi connectivity index (χ2v) is 7.02. The van der Waals surface area contributed by atoms with Gasteiger partial charge in [0.25, 0.3) is 5.56 Å². The molecule has 1 aromatic heterocycles. The second kappa shape index (κ2) is 4.79. The molecule has 5 heteroatoms. The van der Waals surface area contributed by atoms with Gasteiger partial charge in [0.1, 0.15) is 0 Å². The number of halogens is 3. The molecular formula is C17H16ClF2NO. The number of aromatic nitrogens is 1. The number of hydrogen-bond donors (Lipinski definition) is 0. The summed E-state index contributed by atoms with van der Waals surface area (Å²) in [5.41, 5.74) is 0.945. The molecule has 0 radical (unpaired) electrons. The second-order valence-electron chi connectivity index (χ2n) is 6.58. The summed E-state index contributed by atoms with van der Waals surface area (Å²) in [7, 11) is 0. The van der Waals surface area contributed by atoms with E-state index in [0.717, 1.165) is 10.9 Å². The first kappa shape index (κ1) is 14.2. The van der Waals surface area contributed by atoms with Crippen molar-refractivity contribution < 1.29 is 8.78 Å². The lowest BCUT2D eigenvalue weighted by atomic mass is 10.0. The van der Waals surface area contributed by atoms with Gasteiger partial charge in [0.05, 0.1) is 0 Å². The monoisotopic (exact) mass is 323 g/mol. The topological polar surface area (TPSA) is 22.0 Å². The molecule has 2 aromatic rings. The summed E-state index contributed by atoms with van der Waals surface area (Å²) in [4.78, 5) is 12.7. The van der Waals surface area contributed by atoms with E-state index in [1.54, 1.807) is 16.7 Å². The van der Waals surface area contributed by atoms with Gasteiger partial charge in [-0.25, -0.2) is 8.78 Å². The van der Waals surface area contributed by atoms with Crippen molar-refractivity contribution in [1.82, 2.24) is 4.57 Å². The molecule has 4 rings (SSSR count). The summed E-state index contributed by atoms with van der Waals surface area (Å²) >= 11 is 6.01.